The zero-order valence-electron chi connectivity index (χ0n) is 15.4. The fourth-order valence-corrected chi connectivity index (χ4v) is 3.41. The summed E-state index contributed by atoms with van der Waals surface area (Å²) < 4.78 is 1.83. The number of hydrogen-bond donors (Lipinski definition) is 0. The van der Waals surface area contributed by atoms with Gasteiger partial charge in [0, 0.05) is 31.2 Å². The molecule has 0 saturated heterocycles. The van der Waals surface area contributed by atoms with Gasteiger partial charge in [0.15, 0.2) is 0 Å². The summed E-state index contributed by atoms with van der Waals surface area (Å²) in [6.07, 6.45) is 11.3. The molecule has 1 atom stereocenters. The average Bonchev–Trinajstić information content (AvgIpc) is 3.16. The van der Waals surface area contributed by atoms with Gasteiger partial charge in [0.1, 0.15) is 0 Å². The Morgan fingerprint density at radius 1 is 0.852 bits per heavy atom. The molecule has 0 radical (unpaired) electrons. The standard InChI is InChI=1S/C22H21N5/c1-17(21-9-3-4-10-22(21)18-13-25-26(2)16-18)27(19-7-5-11-23-14-19)20-8-6-12-24-15-20/h3-17H,1-2H3. The van der Waals surface area contributed by atoms with Gasteiger partial charge in [0.05, 0.1) is 36.0 Å². The molecule has 0 fully saturated rings. The van der Waals surface area contributed by atoms with Gasteiger partial charge in [-0.25, -0.2) is 0 Å². The van der Waals surface area contributed by atoms with Crippen molar-refractivity contribution in [3.8, 4) is 11.1 Å². The Bertz CT molecular complexity index is 972. The van der Waals surface area contributed by atoms with Crippen LogP contribution < -0.4 is 4.90 Å². The number of rotatable bonds is 5. The third kappa shape index (κ3) is 3.44. The van der Waals surface area contributed by atoms with Crippen molar-refractivity contribution in [1.29, 1.82) is 0 Å². The van der Waals surface area contributed by atoms with E-state index in [1.165, 1.54) is 11.1 Å². The summed E-state index contributed by atoms with van der Waals surface area (Å²) in [5, 5.41) is 4.34. The molecule has 0 aliphatic heterocycles. The first-order valence-corrected chi connectivity index (χ1v) is 8.91. The smallest absolute Gasteiger partial charge is 0.0603 e. The number of anilines is 2. The molecule has 1 unspecified atom stereocenters. The maximum absolute atomic E-state index is 4.34. The molecule has 3 heterocycles. The zero-order chi connectivity index (χ0) is 18.6. The van der Waals surface area contributed by atoms with Crippen LogP contribution >= 0.6 is 0 Å². The Labute approximate surface area is 159 Å². The molecule has 4 aromatic rings. The van der Waals surface area contributed by atoms with E-state index in [1.54, 1.807) is 12.4 Å². The average molecular weight is 355 g/mol. The van der Waals surface area contributed by atoms with Crippen molar-refractivity contribution in [1.82, 2.24) is 19.7 Å². The third-order valence-corrected chi connectivity index (χ3v) is 4.66. The number of hydrogen-bond acceptors (Lipinski definition) is 4. The van der Waals surface area contributed by atoms with E-state index in [0.29, 0.717) is 0 Å². The molecule has 5 nitrogen and oxygen atoms in total. The molecular weight excluding hydrogens is 334 g/mol. The predicted molar refractivity (Wildman–Crippen MR) is 108 cm³/mol. The Kier molecular flexibility index (Phi) is 4.66. The normalized spacial score (nSPS) is 11.9. The zero-order valence-corrected chi connectivity index (χ0v) is 15.4. The van der Waals surface area contributed by atoms with Crippen LogP contribution in [0, 0.1) is 0 Å². The highest BCUT2D eigenvalue weighted by Crippen LogP contribution is 2.37. The molecule has 0 saturated carbocycles. The number of benzene rings is 1. The summed E-state index contributed by atoms with van der Waals surface area (Å²) in [6.45, 7) is 2.20. The lowest BCUT2D eigenvalue weighted by Crippen LogP contribution is -2.22. The summed E-state index contributed by atoms with van der Waals surface area (Å²) in [4.78, 5) is 10.9. The van der Waals surface area contributed by atoms with Crippen molar-refractivity contribution in [3.63, 3.8) is 0 Å². The Balaban J connectivity index is 1.83. The van der Waals surface area contributed by atoms with Crippen LogP contribution in [0.2, 0.25) is 0 Å². The Morgan fingerprint density at radius 3 is 2.07 bits per heavy atom. The SMILES string of the molecule is CC(c1ccccc1-c1cnn(C)c1)N(c1cccnc1)c1cccnc1. The van der Waals surface area contributed by atoms with Crippen LogP contribution in [0.3, 0.4) is 0 Å². The van der Waals surface area contributed by atoms with E-state index in [-0.39, 0.29) is 6.04 Å². The predicted octanol–water partition coefficient (Wildman–Crippen LogP) is 4.78. The van der Waals surface area contributed by atoms with E-state index in [0.717, 1.165) is 16.9 Å². The van der Waals surface area contributed by atoms with Crippen LogP contribution in [0.1, 0.15) is 18.5 Å². The minimum absolute atomic E-state index is 0.0785. The van der Waals surface area contributed by atoms with Crippen LogP contribution in [-0.4, -0.2) is 19.7 Å². The molecule has 0 spiro atoms. The Hall–Kier alpha value is -3.47. The summed E-state index contributed by atoms with van der Waals surface area (Å²) in [7, 11) is 1.94. The molecule has 4 rings (SSSR count). The molecule has 27 heavy (non-hydrogen) atoms. The lowest BCUT2D eigenvalue weighted by atomic mass is 9.96. The van der Waals surface area contributed by atoms with Gasteiger partial charge in [-0.3, -0.25) is 14.6 Å². The molecular formula is C22H21N5. The van der Waals surface area contributed by atoms with Crippen molar-refractivity contribution in [2.45, 2.75) is 13.0 Å². The second-order valence-electron chi connectivity index (χ2n) is 6.46. The van der Waals surface area contributed by atoms with Gasteiger partial charge in [-0.15, -0.1) is 0 Å². The second-order valence-corrected chi connectivity index (χ2v) is 6.46. The minimum atomic E-state index is 0.0785. The van der Waals surface area contributed by atoms with Gasteiger partial charge < -0.3 is 4.90 Å². The largest absolute Gasteiger partial charge is 0.332 e. The van der Waals surface area contributed by atoms with Gasteiger partial charge in [0.2, 0.25) is 0 Å². The fourth-order valence-electron chi connectivity index (χ4n) is 3.41. The van der Waals surface area contributed by atoms with Crippen LogP contribution in [0.25, 0.3) is 11.1 Å². The van der Waals surface area contributed by atoms with Crippen molar-refractivity contribution in [2.24, 2.45) is 7.05 Å². The van der Waals surface area contributed by atoms with E-state index >= 15 is 0 Å². The first kappa shape index (κ1) is 17.0. The topological polar surface area (TPSA) is 46.8 Å². The van der Waals surface area contributed by atoms with Crippen LogP contribution in [0.5, 0.6) is 0 Å². The number of pyridine rings is 2. The van der Waals surface area contributed by atoms with E-state index in [4.69, 9.17) is 0 Å². The number of aromatic nitrogens is 4. The van der Waals surface area contributed by atoms with Gasteiger partial charge in [-0.2, -0.15) is 5.10 Å². The highest BCUT2D eigenvalue weighted by Gasteiger charge is 2.22. The summed E-state index contributed by atoms with van der Waals surface area (Å²) in [5.41, 5.74) is 5.56. The van der Waals surface area contributed by atoms with Crippen molar-refractivity contribution >= 4 is 11.4 Å². The number of aryl methyl sites for hydroxylation is 1. The second kappa shape index (κ2) is 7.41. The molecule has 0 N–H and O–H groups in total. The maximum atomic E-state index is 4.34. The van der Waals surface area contributed by atoms with E-state index in [9.17, 15) is 0 Å². The Morgan fingerprint density at radius 2 is 1.52 bits per heavy atom. The highest BCUT2D eigenvalue weighted by atomic mass is 15.2. The minimum Gasteiger partial charge on any atom is -0.332 e. The van der Waals surface area contributed by atoms with Gasteiger partial charge in [-0.1, -0.05) is 24.3 Å². The van der Waals surface area contributed by atoms with Crippen LogP contribution in [-0.2, 0) is 7.05 Å². The van der Waals surface area contributed by atoms with E-state index in [1.807, 2.05) is 48.6 Å². The van der Waals surface area contributed by atoms with E-state index < -0.39 is 0 Å². The molecule has 134 valence electrons. The van der Waals surface area contributed by atoms with Gasteiger partial charge in [-0.05, 0) is 42.3 Å². The maximum Gasteiger partial charge on any atom is 0.0603 e. The molecule has 0 amide bonds. The molecule has 0 aliphatic rings. The van der Waals surface area contributed by atoms with Gasteiger partial charge >= 0.3 is 0 Å². The summed E-state index contributed by atoms with van der Waals surface area (Å²) >= 11 is 0. The summed E-state index contributed by atoms with van der Waals surface area (Å²) in [6, 6.07) is 16.6. The van der Waals surface area contributed by atoms with Crippen molar-refractivity contribution in [3.05, 3.63) is 91.3 Å². The molecule has 0 aliphatic carbocycles. The van der Waals surface area contributed by atoms with E-state index in [2.05, 4.69) is 63.3 Å². The molecule has 0 bridgehead atoms. The first-order valence-electron chi connectivity index (χ1n) is 8.91. The third-order valence-electron chi connectivity index (χ3n) is 4.66. The van der Waals surface area contributed by atoms with Crippen molar-refractivity contribution < 1.29 is 0 Å². The van der Waals surface area contributed by atoms with Crippen LogP contribution in [0.4, 0.5) is 11.4 Å². The first-order chi connectivity index (χ1) is 13.2. The molecule has 3 aromatic heterocycles. The van der Waals surface area contributed by atoms with Crippen LogP contribution in [0.15, 0.2) is 85.7 Å². The van der Waals surface area contributed by atoms with Crippen molar-refractivity contribution in [2.75, 3.05) is 4.90 Å². The number of nitrogens with zero attached hydrogens (tertiary/aromatic N) is 5. The molecule has 5 heteroatoms. The molecule has 1 aromatic carbocycles. The highest BCUT2D eigenvalue weighted by molar-refractivity contribution is 5.70. The quantitative estimate of drug-likeness (QED) is 0.517. The van der Waals surface area contributed by atoms with Gasteiger partial charge in [0.25, 0.3) is 0 Å². The fraction of sp³-hybridized carbons (Fsp3) is 0.136. The lowest BCUT2D eigenvalue weighted by molar-refractivity contribution is 0.767. The monoisotopic (exact) mass is 355 g/mol. The summed E-state index contributed by atoms with van der Waals surface area (Å²) in [5.74, 6) is 0. The lowest BCUT2D eigenvalue weighted by Gasteiger charge is -2.32.